The molecule has 27 heavy (non-hydrogen) atoms. The van der Waals surface area contributed by atoms with Crippen LogP contribution in [0.4, 0.5) is 5.69 Å². The van der Waals surface area contributed by atoms with Crippen LogP contribution in [0, 0.1) is 0 Å². The quantitative estimate of drug-likeness (QED) is 0.867. The Morgan fingerprint density at radius 1 is 1.11 bits per heavy atom. The Kier molecular flexibility index (Phi) is 5.85. The van der Waals surface area contributed by atoms with Crippen molar-refractivity contribution in [3.63, 3.8) is 0 Å². The number of hydrogen-bond donors (Lipinski definition) is 1. The summed E-state index contributed by atoms with van der Waals surface area (Å²) >= 11 is 0. The van der Waals surface area contributed by atoms with Crippen LogP contribution in [-0.2, 0) is 4.79 Å². The molecule has 0 radical (unpaired) electrons. The predicted molar refractivity (Wildman–Crippen MR) is 98.9 cm³/mol. The molecule has 1 atom stereocenters. The average molecular weight is 370 g/mol. The lowest BCUT2D eigenvalue weighted by atomic mass is 10.1. The van der Waals surface area contributed by atoms with Gasteiger partial charge in [0.25, 0.3) is 5.91 Å². The van der Waals surface area contributed by atoms with Gasteiger partial charge in [-0.3, -0.25) is 9.59 Å². The average Bonchev–Trinajstić information content (AvgIpc) is 2.68. The lowest BCUT2D eigenvalue weighted by molar-refractivity contribution is -0.114. The summed E-state index contributed by atoms with van der Waals surface area (Å²) in [4.78, 5) is 25.6. The summed E-state index contributed by atoms with van der Waals surface area (Å²) in [7, 11) is 1.53. The van der Waals surface area contributed by atoms with E-state index in [0.29, 0.717) is 36.1 Å². The van der Waals surface area contributed by atoms with Crippen molar-refractivity contribution in [2.24, 2.45) is 0 Å². The van der Waals surface area contributed by atoms with E-state index in [2.05, 4.69) is 15.5 Å². The molecule has 1 fully saturated rings. The van der Waals surface area contributed by atoms with E-state index in [1.54, 1.807) is 41.3 Å². The van der Waals surface area contributed by atoms with Gasteiger partial charge in [-0.25, -0.2) is 0 Å². The van der Waals surface area contributed by atoms with Gasteiger partial charge in [0, 0.05) is 36.9 Å². The Hall–Kier alpha value is -3.16. The lowest BCUT2D eigenvalue weighted by Crippen LogP contribution is -2.44. The number of benzene rings is 1. The molecule has 1 aliphatic rings. The summed E-state index contributed by atoms with van der Waals surface area (Å²) < 4.78 is 10.8. The molecule has 8 nitrogen and oxygen atoms in total. The summed E-state index contributed by atoms with van der Waals surface area (Å²) in [6, 6.07) is 10.3. The van der Waals surface area contributed by atoms with Crippen molar-refractivity contribution in [3.8, 4) is 11.8 Å². The van der Waals surface area contributed by atoms with Gasteiger partial charge in [-0.2, -0.15) is 0 Å². The molecule has 3 rings (SSSR count). The molecule has 1 saturated heterocycles. The predicted octanol–water partition coefficient (Wildman–Crippen LogP) is 2.13. The molecule has 142 valence electrons. The second-order valence-corrected chi connectivity index (χ2v) is 6.31. The largest absolute Gasteiger partial charge is 0.480 e. The van der Waals surface area contributed by atoms with E-state index in [-0.39, 0.29) is 17.9 Å². The summed E-state index contributed by atoms with van der Waals surface area (Å²) in [5, 5.41) is 10.5. The van der Waals surface area contributed by atoms with Crippen LogP contribution in [0.25, 0.3) is 0 Å². The van der Waals surface area contributed by atoms with Crippen LogP contribution in [0.3, 0.4) is 0 Å². The van der Waals surface area contributed by atoms with E-state index >= 15 is 0 Å². The minimum atomic E-state index is -0.147. The molecule has 0 aliphatic carbocycles. The van der Waals surface area contributed by atoms with E-state index < -0.39 is 0 Å². The molecule has 1 aromatic carbocycles. The standard InChI is InChI=1S/C19H22N4O4/c1-13(24)20-15-7-5-14(6-8-15)19(25)23-11-3-4-16(12-23)27-18-10-9-17(26-2)21-22-18/h5-10,16H,3-4,11-12H2,1-2H3,(H,20,24). The first-order valence-corrected chi connectivity index (χ1v) is 8.76. The Bertz CT molecular complexity index is 792. The maximum absolute atomic E-state index is 12.8. The fraction of sp³-hybridized carbons (Fsp3) is 0.368. The number of piperidine rings is 1. The molecule has 1 unspecified atom stereocenters. The van der Waals surface area contributed by atoms with Crippen LogP contribution in [0.2, 0.25) is 0 Å². The molecule has 2 aromatic rings. The number of ether oxygens (including phenoxy) is 2. The van der Waals surface area contributed by atoms with Crippen molar-refractivity contribution in [2.75, 3.05) is 25.5 Å². The highest BCUT2D eigenvalue weighted by molar-refractivity contribution is 5.95. The molecule has 0 spiro atoms. The number of likely N-dealkylation sites (tertiary alicyclic amines) is 1. The van der Waals surface area contributed by atoms with Crippen LogP contribution in [0.1, 0.15) is 30.1 Å². The van der Waals surface area contributed by atoms with E-state index in [1.807, 2.05) is 0 Å². The van der Waals surface area contributed by atoms with Crippen molar-refractivity contribution in [1.29, 1.82) is 0 Å². The highest BCUT2D eigenvalue weighted by Crippen LogP contribution is 2.20. The summed E-state index contributed by atoms with van der Waals surface area (Å²) in [6.07, 6.45) is 1.56. The maximum Gasteiger partial charge on any atom is 0.253 e. The first-order valence-electron chi connectivity index (χ1n) is 8.76. The van der Waals surface area contributed by atoms with E-state index in [4.69, 9.17) is 9.47 Å². The number of rotatable bonds is 5. The van der Waals surface area contributed by atoms with Gasteiger partial charge in [-0.05, 0) is 37.1 Å². The number of nitrogens with zero attached hydrogens (tertiary/aromatic N) is 3. The van der Waals surface area contributed by atoms with Crippen LogP contribution in [-0.4, -0.2) is 53.2 Å². The summed E-state index contributed by atoms with van der Waals surface area (Å²) in [5.74, 6) is 0.630. The van der Waals surface area contributed by atoms with Crippen LogP contribution in [0.5, 0.6) is 11.8 Å². The monoisotopic (exact) mass is 370 g/mol. The Balaban J connectivity index is 1.60. The van der Waals surface area contributed by atoms with Crippen LogP contribution < -0.4 is 14.8 Å². The smallest absolute Gasteiger partial charge is 0.253 e. The van der Waals surface area contributed by atoms with Crippen molar-refractivity contribution in [3.05, 3.63) is 42.0 Å². The zero-order chi connectivity index (χ0) is 19.2. The number of methoxy groups -OCH3 is 1. The lowest BCUT2D eigenvalue weighted by Gasteiger charge is -2.32. The SMILES string of the molecule is COc1ccc(OC2CCCN(C(=O)c3ccc(NC(C)=O)cc3)C2)nn1. The number of aromatic nitrogens is 2. The van der Waals surface area contributed by atoms with Gasteiger partial charge in [0.15, 0.2) is 0 Å². The van der Waals surface area contributed by atoms with Gasteiger partial charge in [0.05, 0.1) is 13.7 Å². The third-order valence-corrected chi connectivity index (χ3v) is 4.23. The summed E-state index contributed by atoms with van der Waals surface area (Å²) in [5.41, 5.74) is 1.24. The highest BCUT2D eigenvalue weighted by Gasteiger charge is 2.26. The molecular weight excluding hydrogens is 348 g/mol. The fourth-order valence-electron chi connectivity index (χ4n) is 2.95. The first-order chi connectivity index (χ1) is 13.0. The third-order valence-electron chi connectivity index (χ3n) is 4.23. The molecule has 1 aliphatic heterocycles. The second kappa shape index (κ2) is 8.48. The number of carbonyl (C=O) groups is 2. The minimum absolute atomic E-state index is 0.0570. The van der Waals surface area contributed by atoms with E-state index in [0.717, 1.165) is 12.8 Å². The number of hydrogen-bond acceptors (Lipinski definition) is 6. The van der Waals surface area contributed by atoms with Gasteiger partial charge in [-0.1, -0.05) is 0 Å². The maximum atomic E-state index is 12.8. The normalized spacial score (nSPS) is 16.5. The fourth-order valence-corrected chi connectivity index (χ4v) is 2.95. The van der Waals surface area contributed by atoms with Crippen LogP contribution in [0.15, 0.2) is 36.4 Å². The number of amides is 2. The number of anilines is 1. The Morgan fingerprint density at radius 2 is 1.81 bits per heavy atom. The van der Waals surface area contributed by atoms with E-state index in [9.17, 15) is 9.59 Å². The van der Waals surface area contributed by atoms with Gasteiger partial charge in [0.2, 0.25) is 17.7 Å². The third kappa shape index (κ3) is 4.93. The van der Waals surface area contributed by atoms with E-state index in [1.165, 1.54) is 14.0 Å². The van der Waals surface area contributed by atoms with Gasteiger partial charge < -0.3 is 19.7 Å². The number of nitrogens with one attached hydrogen (secondary N) is 1. The van der Waals surface area contributed by atoms with Gasteiger partial charge >= 0.3 is 0 Å². The molecule has 2 amide bonds. The molecule has 2 heterocycles. The number of carbonyl (C=O) groups excluding carboxylic acids is 2. The van der Waals surface area contributed by atoms with Crippen LogP contribution >= 0.6 is 0 Å². The molecular formula is C19H22N4O4. The second-order valence-electron chi connectivity index (χ2n) is 6.31. The van der Waals surface area contributed by atoms with Crippen molar-refractivity contribution < 1.29 is 19.1 Å². The van der Waals surface area contributed by atoms with Crippen molar-refractivity contribution >= 4 is 17.5 Å². The highest BCUT2D eigenvalue weighted by atomic mass is 16.5. The van der Waals surface area contributed by atoms with Crippen molar-refractivity contribution in [2.45, 2.75) is 25.9 Å². The zero-order valence-corrected chi connectivity index (χ0v) is 15.3. The Labute approximate surface area is 157 Å². The molecule has 1 aromatic heterocycles. The summed E-state index contributed by atoms with van der Waals surface area (Å²) in [6.45, 7) is 2.61. The molecule has 8 heteroatoms. The molecule has 0 saturated carbocycles. The molecule has 0 bridgehead atoms. The van der Waals surface area contributed by atoms with Crippen molar-refractivity contribution in [1.82, 2.24) is 15.1 Å². The van der Waals surface area contributed by atoms with Gasteiger partial charge in [-0.15, -0.1) is 10.2 Å². The zero-order valence-electron chi connectivity index (χ0n) is 15.3. The first kappa shape index (κ1) is 18.6. The molecule has 1 N–H and O–H groups in total. The topological polar surface area (TPSA) is 93.7 Å². The Morgan fingerprint density at radius 3 is 2.44 bits per heavy atom. The van der Waals surface area contributed by atoms with Gasteiger partial charge in [0.1, 0.15) is 6.10 Å². The minimum Gasteiger partial charge on any atom is -0.480 e.